The number of carbonyl (C=O) groups is 4. The molecule has 1 aliphatic carbocycles. The largest absolute Gasteiger partial charge is 0.509 e. The number of imidazole rings is 2. The number of ether oxygens (including phenoxy) is 2. The van der Waals surface area contributed by atoms with Crippen LogP contribution in [-0.4, -0.2) is 110 Å². The summed E-state index contributed by atoms with van der Waals surface area (Å²) in [6.07, 6.45) is 16.8. The molecule has 0 spiro atoms. The molecule has 4 atom stereocenters. The van der Waals surface area contributed by atoms with E-state index >= 15 is 0 Å². The number of rotatable bonds is 12. The van der Waals surface area contributed by atoms with Crippen molar-refractivity contribution in [1.29, 1.82) is 0 Å². The highest BCUT2D eigenvalue weighted by atomic mass is 16.5. The minimum atomic E-state index is -0.842. The molecule has 3 aliphatic rings. The second kappa shape index (κ2) is 20.8. The number of methoxy groups -OCH3 is 2. The first kappa shape index (κ1) is 45.7. The van der Waals surface area contributed by atoms with Crippen molar-refractivity contribution >= 4 is 29.6 Å². The van der Waals surface area contributed by atoms with Gasteiger partial charge in [0.1, 0.15) is 29.5 Å². The van der Waals surface area contributed by atoms with Crippen LogP contribution in [0, 0.1) is 29.6 Å². The van der Waals surface area contributed by atoms with Crippen LogP contribution < -0.4 is 5.32 Å². The van der Waals surface area contributed by atoms with Gasteiger partial charge >= 0.3 is 12.2 Å². The second-order valence-electron chi connectivity index (χ2n) is 16.6. The van der Waals surface area contributed by atoms with Gasteiger partial charge in [0.05, 0.1) is 50.6 Å². The summed E-state index contributed by atoms with van der Waals surface area (Å²) in [6.45, 7) is 12.6. The summed E-state index contributed by atoms with van der Waals surface area (Å²) in [5.74, 6) is 7.34. The van der Waals surface area contributed by atoms with Crippen LogP contribution in [0.15, 0.2) is 91.0 Å². The van der Waals surface area contributed by atoms with Crippen molar-refractivity contribution in [1.82, 2.24) is 40.0 Å². The molecule has 0 bridgehead atoms. The molecular formula is C48H60N8O7. The lowest BCUT2D eigenvalue weighted by molar-refractivity contribution is -0.140. The molecule has 0 radical (unpaired) electrons. The van der Waals surface area contributed by atoms with Crippen molar-refractivity contribution in [3.05, 3.63) is 114 Å². The number of amides is 4. The van der Waals surface area contributed by atoms with Crippen LogP contribution in [0.2, 0.25) is 0 Å². The molecule has 4 N–H and O–H groups in total. The molecule has 15 nitrogen and oxygen atoms in total. The van der Waals surface area contributed by atoms with E-state index < -0.39 is 24.3 Å². The average molecular weight is 861 g/mol. The molecule has 2 aromatic heterocycles. The Labute approximate surface area is 370 Å². The Morgan fingerprint density at radius 2 is 1.62 bits per heavy atom. The van der Waals surface area contributed by atoms with E-state index in [2.05, 4.69) is 50.8 Å². The number of hydrogen-bond donors (Lipinski definition) is 4. The molecule has 15 heteroatoms. The van der Waals surface area contributed by atoms with Gasteiger partial charge in [-0.3, -0.25) is 9.59 Å². The van der Waals surface area contributed by atoms with E-state index in [9.17, 15) is 24.3 Å². The zero-order chi connectivity index (χ0) is 45.2. The molecule has 4 amide bonds. The minimum Gasteiger partial charge on any atom is -0.509 e. The van der Waals surface area contributed by atoms with E-state index in [4.69, 9.17) is 14.5 Å². The van der Waals surface area contributed by atoms with E-state index in [0.717, 1.165) is 52.3 Å². The number of alkyl carbamates (subject to hydrolysis) is 1. The SMILES string of the molecule is C=C(O)/C=C/C[C@H](C(=O)N1CCC[C@H]1c1ncc(C2=CC=C(C#Cc3ccc(-c4cnc([C@@H]5CN(C(=O)OC)CCN5C(=O)[C@@H](NC(=O)OC)C(C)C)[nH]4)cc3)CC=C2)[nH]1)C(C)C.[HH]. The fourth-order valence-electron chi connectivity index (χ4n) is 8.08. The van der Waals surface area contributed by atoms with E-state index in [1.54, 1.807) is 17.2 Å². The quantitative estimate of drug-likeness (QED) is 0.0807. The molecule has 0 saturated carbocycles. The maximum atomic E-state index is 13.9. The van der Waals surface area contributed by atoms with Crippen LogP contribution in [0.3, 0.4) is 0 Å². The number of piperazine rings is 1. The number of hydrogen-bond acceptors (Lipinski definition) is 9. The summed E-state index contributed by atoms with van der Waals surface area (Å²) >= 11 is 0. The molecule has 1 aromatic carbocycles. The first-order valence-corrected chi connectivity index (χ1v) is 21.4. The number of aliphatic hydroxyl groups is 1. The smallest absolute Gasteiger partial charge is 0.409 e. The van der Waals surface area contributed by atoms with Crippen LogP contribution in [0.1, 0.15) is 89.8 Å². The number of carbonyl (C=O) groups excluding carboxylic acids is 4. The molecule has 2 saturated heterocycles. The Morgan fingerprint density at radius 3 is 2.30 bits per heavy atom. The Balaban J connectivity index is 0.00000771. The lowest BCUT2D eigenvalue weighted by Crippen LogP contribution is -2.58. The number of aromatic amines is 2. The third-order valence-corrected chi connectivity index (χ3v) is 11.6. The summed E-state index contributed by atoms with van der Waals surface area (Å²) in [6, 6.07) is 6.18. The van der Waals surface area contributed by atoms with Gasteiger partial charge in [0.2, 0.25) is 11.8 Å². The van der Waals surface area contributed by atoms with Gasteiger partial charge in [-0.15, -0.1) is 0 Å². The first-order chi connectivity index (χ1) is 30.3. The predicted octanol–water partition coefficient (Wildman–Crippen LogP) is 7.65. The number of benzene rings is 1. The van der Waals surface area contributed by atoms with Crippen molar-refractivity contribution in [2.24, 2.45) is 17.8 Å². The molecule has 0 unspecified atom stereocenters. The van der Waals surface area contributed by atoms with Crippen LogP contribution >= 0.6 is 0 Å². The van der Waals surface area contributed by atoms with Gasteiger partial charge in [-0.25, -0.2) is 19.6 Å². The molecule has 334 valence electrons. The monoisotopic (exact) mass is 860 g/mol. The van der Waals surface area contributed by atoms with Crippen molar-refractivity contribution in [2.75, 3.05) is 40.4 Å². The Morgan fingerprint density at radius 1 is 0.921 bits per heavy atom. The number of aliphatic hydroxyl groups excluding tert-OH is 1. The highest BCUT2D eigenvalue weighted by Crippen LogP contribution is 2.35. The van der Waals surface area contributed by atoms with Gasteiger partial charge in [-0.2, -0.15) is 0 Å². The van der Waals surface area contributed by atoms with Gasteiger partial charge in [-0.05, 0) is 72.9 Å². The zero-order valence-electron chi connectivity index (χ0n) is 36.9. The normalized spacial score (nSPS) is 18.6. The van der Waals surface area contributed by atoms with Crippen molar-refractivity contribution in [3.63, 3.8) is 0 Å². The summed E-state index contributed by atoms with van der Waals surface area (Å²) < 4.78 is 9.75. The molecule has 63 heavy (non-hydrogen) atoms. The topological polar surface area (TPSA) is 186 Å². The lowest BCUT2D eigenvalue weighted by Gasteiger charge is -2.41. The van der Waals surface area contributed by atoms with Gasteiger partial charge in [0.25, 0.3) is 0 Å². The Kier molecular flexibility index (Phi) is 15.1. The average Bonchev–Trinajstić information content (AvgIpc) is 4.05. The maximum absolute atomic E-state index is 13.9. The zero-order valence-corrected chi connectivity index (χ0v) is 36.9. The predicted molar refractivity (Wildman–Crippen MR) is 242 cm³/mol. The summed E-state index contributed by atoms with van der Waals surface area (Å²) in [4.78, 5) is 73.6. The second-order valence-corrected chi connectivity index (χ2v) is 16.6. The Hall–Kier alpha value is -6.82. The number of nitrogens with zero attached hydrogens (tertiary/aromatic N) is 5. The van der Waals surface area contributed by atoms with Crippen molar-refractivity contribution in [2.45, 2.75) is 71.5 Å². The van der Waals surface area contributed by atoms with Crippen LogP contribution in [0.5, 0.6) is 0 Å². The Bertz CT molecular complexity index is 2350. The summed E-state index contributed by atoms with van der Waals surface area (Å²) in [7, 11) is 2.57. The maximum Gasteiger partial charge on any atom is 0.409 e. The third-order valence-electron chi connectivity index (χ3n) is 11.6. The fraction of sp³-hybridized carbons (Fsp3) is 0.417. The highest BCUT2D eigenvalue weighted by molar-refractivity contribution is 5.86. The van der Waals surface area contributed by atoms with Crippen LogP contribution in [0.4, 0.5) is 9.59 Å². The van der Waals surface area contributed by atoms with Crippen molar-refractivity contribution < 1.29 is 35.2 Å². The fourth-order valence-corrected chi connectivity index (χ4v) is 8.08. The van der Waals surface area contributed by atoms with E-state index in [-0.39, 0.29) is 62.4 Å². The van der Waals surface area contributed by atoms with Gasteiger partial charge in [0, 0.05) is 38.1 Å². The van der Waals surface area contributed by atoms with Crippen LogP contribution in [-0.2, 0) is 19.1 Å². The van der Waals surface area contributed by atoms with E-state index in [0.29, 0.717) is 25.2 Å². The molecule has 3 aromatic rings. The molecule has 4 heterocycles. The van der Waals surface area contributed by atoms with Crippen LogP contribution in [0.25, 0.3) is 16.8 Å². The van der Waals surface area contributed by atoms with Crippen molar-refractivity contribution in [3.8, 4) is 23.1 Å². The number of H-pyrrole nitrogens is 2. The van der Waals surface area contributed by atoms with Gasteiger partial charge < -0.3 is 44.6 Å². The lowest BCUT2D eigenvalue weighted by atomic mass is 9.90. The number of likely N-dealkylation sites (tertiary alicyclic amines) is 1. The van der Waals surface area contributed by atoms with E-state index in [1.165, 1.54) is 19.1 Å². The third kappa shape index (κ3) is 11.2. The highest BCUT2D eigenvalue weighted by Gasteiger charge is 2.40. The van der Waals surface area contributed by atoms with E-state index in [1.807, 2.05) is 81.3 Å². The summed E-state index contributed by atoms with van der Waals surface area (Å²) in [5.41, 5.74) is 5.20. The molecule has 2 aliphatic heterocycles. The summed E-state index contributed by atoms with van der Waals surface area (Å²) in [5, 5.41) is 12.1. The number of aromatic nitrogens is 4. The molecule has 2 fully saturated rings. The van der Waals surface area contributed by atoms with Gasteiger partial charge in [0.15, 0.2) is 0 Å². The molecular weight excluding hydrogens is 801 g/mol. The standard InChI is InChI=1S/C48H58N8O7.H2/c1-30(2)37(14-8-11-32(5)57)45(58)55-24-10-15-40(55)43-49-27-38(51-43)35-13-9-12-33(18-21-35)16-17-34-19-22-36(23-20-34)39-28-50-44(52-39)41-29-54(48(61)63-7)25-26-56(41)46(59)42(31(3)4)53-47(60)62-6;/h8-9,11,13,18-23,27-28,30-31,37,40-42,57H,5,10,12,14-15,24-26,29H2,1-4,6-7H3,(H,49,51)(H,50,52)(H,53,60);1H/b11-8+;/t37-,40-,41-,42-;/m0./s1. The number of nitrogens with one attached hydrogen (secondary N) is 3. The molecule has 6 rings (SSSR count). The van der Waals surface area contributed by atoms with Gasteiger partial charge in [-0.1, -0.05) is 82.6 Å². The first-order valence-electron chi connectivity index (χ1n) is 21.4. The number of allylic oxidation sites excluding steroid dienone is 8. The minimum absolute atomic E-state index is 0.